The zero-order valence-electron chi connectivity index (χ0n) is 12.0. The van der Waals surface area contributed by atoms with Crippen molar-refractivity contribution in [2.45, 2.75) is 25.3 Å². The number of nitrogens with one attached hydrogen (secondary N) is 1. The Kier molecular flexibility index (Phi) is 5.49. The van der Waals surface area contributed by atoms with Crippen molar-refractivity contribution in [3.05, 3.63) is 48.0 Å². The summed E-state index contributed by atoms with van der Waals surface area (Å²) in [5.74, 6) is 0.584. The molecular weight excluding hydrogens is 305 g/mol. The highest BCUT2D eigenvalue weighted by atomic mass is 35.5. The van der Waals surface area contributed by atoms with Crippen LogP contribution in [0.5, 0.6) is 0 Å². The molecule has 0 aliphatic heterocycles. The fourth-order valence-electron chi connectivity index (χ4n) is 2.25. The van der Waals surface area contributed by atoms with Crippen LogP contribution in [0.25, 0.3) is 10.8 Å². The van der Waals surface area contributed by atoms with Crippen molar-refractivity contribution in [3.63, 3.8) is 0 Å². The highest BCUT2D eigenvalue weighted by molar-refractivity contribution is 6.22. The first-order valence-corrected chi connectivity index (χ1v) is 8.10. The van der Waals surface area contributed by atoms with E-state index < -0.39 is 5.54 Å². The van der Waals surface area contributed by atoms with E-state index in [9.17, 15) is 4.79 Å². The predicted octanol–water partition coefficient (Wildman–Crippen LogP) is 4.12. The Labute approximate surface area is 135 Å². The molecule has 0 aromatic heterocycles. The number of rotatable bonds is 6. The molecule has 2 nitrogen and oxygen atoms in total. The summed E-state index contributed by atoms with van der Waals surface area (Å²) in [5, 5.41) is 5.28. The molecule has 0 aliphatic rings. The molecule has 0 bridgehead atoms. The number of alkyl halides is 2. The summed E-state index contributed by atoms with van der Waals surface area (Å²) in [6, 6.07) is 14.2. The van der Waals surface area contributed by atoms with Gasteiger partial charge in [0.05, 0.1) is 12.0 Å². The Morgan fingerprint density at radius 1 is 1.10 bits per heavy atom. The topological polar surface area (TPSA) is 29.1 Å². The van der Waals surface area contributed by atoms with Gasteiger partial charge in [-0.25, -0.2) is 0 Å². The Morgan fingerprint density at radius 3 is 2.38 bits per heavy atom. The summed E-state index contributed by atoms with van der Waals surface area (Å²) in [6.07, 6.45) is 1.05. The van der Waals surface area contributed by atoms with Gasteiger partial charge in [-0.1, -0.05) is 49.4 Å². The smallest absolute Gasteiger partial charge is 0.224 e. The van der Waals surface area contributed by atoms with Gasteiger partial charge in [0.25, 0.3) is 0 Å². The molecule has 2 rings (SSSR count). The predicted molar refractivity (Wildman–Crippen MR) is 90.3 cm³/mol. The van der Waals surface area contributed by atoms with E-state index in [0.29, 0.717) is 24.6 Å². The molecule has 0 radical (unpaired) electrons. The van der Waals surface area contributed by atoms with Crippen molar-refractivity contribution in [2.75, 3.05) is 11.8 Å². The fraction of sp³-hybridized carbons (Fsp3) is 0.353. The third-order valence-corrected chi connectivity index (χ3v) is 4.79. The van der Waals surface area contributed by atoms with Crippen LogP contribution in [-0.2, 0) is 11.2 Å². The van der Waals surface area contributed by atoms with Crippen LogP contribution in [0.3, 0.4) is 0 Å². The van der Waals surface area contributed by atoms with Crippen LogP contribution in [0.4, 0.5) is 0 Å². The normalized spacial score (nSPS) is 11.6. The van der Waals surface area contributed by atoms with Crippen molar-refractivity contribution < 1.29 is 4.79 Å². The minimum absolute atomic E-state index is 0.0477. The minimum Gasteiger partial charge on any atom is -0.348 e. The lowest BCUT2D eigenvalue weighted by atomic mass is 10.00. The second-order valence-electron chi connectivity index (χ2n) is 5.31. The summed E-state index contributed by atoms with van der Waals surface area (Å²) in [6.45, 7) is 1.97. The van der Waals surface area contributed by atoms with Crippen molar-refractivity contribution in [2.24, 2.45) is 0 Å². The molecule has 1 N–H and O–H groups in total. The number of fused-ring (bicyclic) bond motifs is 1. The number of benzene rings is 2. The Bertz CT molecular complexity index is 615. The van der Waals surface area contributed by atoms with E-state index in [-0.39, 0.29) is 5.91 Å². The van der Waals surface area contributed by atoms with Crippen LogP contribution in [0.1, 0.15) is 18.9 Å². The fourth-order valence-corrected chi connectivity index (χ4v) is 3.05. The monoisotopic (exact) mass is 323 g/mol. The molecule has 1 amide bonds. The highest BCUT2D eigenvalue weighted by Crippen LogP contribution is 2.18. The molecule has 0 saturated carbocycles. The van der Waals surface area contributed by atoms with Crippen LogP contribution in [-0.4, -0.2) is 23.2 Å². The SMILES string of the molecule is CCC(CCl)(CCl)NC(=O)Cc1ccc2ccccc2c1. The van der Waals surface area contributed by atoms with Crippen molar-refractivity contribution in [3.8, 4) is 0 Å². The van der Waals surface area contributed by atoms with Gasteiger partial charge in [-0.3, -0.25) is 4.79 Å². The minimum atomic E-state index is -0.517. The molecule has 0 aliphatic carbocycles. The first-order chi connectivity index (χ1) is 10.1. The molecule has 0 fully saturated rings. The molecule has 0 saturated heterocycles. The maximum absolute atomic E-state index is 12.2. The van der Waals surface area contributed by atoms with Crippen LogP contribution in [0.15, 0.2) is 42.5 Å². The molecule has 4 heteroatoms. The second-order valence-corrected chi connectivity index (χ2v) is 5.84. The van der Waals surface area contributed by atoms with E-state index in [1.54, 1.807) is 0 Å². The molecule has 0 spiro atoms. The van der Waals surface area contributed by atoms with E-state index in [1.165, 1.54) is 5.39 Å². The molecule has 2 aromatic rings. The molecule has 0 atom stereocenters. The first kappa shape index (κ1) is 16.1. The van der Waals surface area contributed by atoms with Gasteiger partial charge in [0.1, 0.15) is 0 Å². The van der Waals surface area contributed by atoms with Gasteiger partial charge in [0.15, 0.2) is 0 Å². The first-order valence-electron chi connectivity index (χ1n) is 7.03. The van der Waals surface area contributed by atoms with Crippen LogP contribution in [0.2, 0.25) is 0 Å². The third-order valence-electron chi connectivity index (χ3n) is 3.77. The maximum atomic E-state index is 12.2. The molecular formula is C17H19Cl2NO. The average Bonchev–Trinajstić information content (AvgIpc) is 2.52. The van der Waals surface area contributed by atoms with E-state index in [2.05, 4.69) is 11.4 Å². The lowest BCUT2D eigenvalue weighted by Gasteiger charge is -2.29. The Hall–Kier alpha value is -1.25. The molecule has 0 heterocycles. The lowest BCUT2D eigenvalue weighted by Crippen LogP contribution is -2.51. The summed E-state index contributed by atoms with van der Waals surface area (Å²) in [4.78, 5) is 12.2. The molecule has 0 unspecified atom stereocenters. The number of carbonyl (C=O) groups excluding carboxylic acids is 1. The van der Waals surface area contributed by atoms with Gasteiger partial charge < -0.3 is 5.32 Å². The number of hydrogen-bond donors (Lipinski definition) is 1. The lowest BCUT2D eigenvalue weighted by molar-refractivity contribution is -0.122. The number of amides is 1. The van der Waals surface area contributed by atoms with Gasteiger partial charge in [0, 0.05) is 11.8 Å². The number of carbonyl (C=O) groups is 1. The molecule has 112 valence electrons. The number of halogens is 2. The van der Waals surface area contributed by atoms with Gasteiger partial charge in [-0.2, -0.15) is 0 Å². The molecule has 21 heavy (non-hydrogen) atoms. The van der Waals surface area contributed by atoms with Gasteiger partial charge in [-0.05, 0) is 22.8 Å². The van der Waals surface area contributed by atoms with E-state index in [0.717, 1.165) is 10.9 Å². The van der Waals surface area contributed by atoms with Gasteiger partial charge in [-0.15, -0.1) is 23.2 Å². The third kappa shape index (κ3) is 3.90. The maximum Gasteiger partial charge on any atom is 0.224 e. The van der Waals surface area contributed by atoms with Gasteiger partial charge in [0.2, 0.25) is 5.91 Å². The van der Waals surface area contributed by atoms with E-state index in [4.69, 9.17) is 23.2 Å². The zero-order chi connectivity index (χ0) is 15.3. The standard InChI is InChI=1S/C17H19Cl2NO/c1-2-17(11-18,12-19)20-16(21)10-13-7-8-14-5-3-4-6-15(14)9-13/h3-9H,2,10-12H2,1H3,(H,20,21). The van der Waals surface area contributed by atoms with Crippen molar-refractivity contribution in [1.29, 1.82) is 0 Å². The van der Waals surface area contributed by atoms with Gasteiger partial charge >= 0.3 is 0 Å². The van der Waals surface area contributed by atoms with Crippen LogP contribution >= 0.6 is 23.2 Å². The zero-order valence-corrected chi connectivity index (χ0v) is 13.5. The quantitative estimate of drug-likeness (QED) is 0.796. The average molecular weight is 324 g/mol. The highest BCUT2D eigenvalue weighted by Gasteiger charge is 2.28. The number of hydrogen-bond acceptors (Lipinski definition) is 1. The Morgan fingerprint density at radius 2 is 1.76 bits per heavy atom. The van der Waals surface area contributed by atoms with E-state index >= 15 is 0 Å². The summed E-state index contributed by atoms with van der Waals surface area (Å²) in [5.41, 5.74) is 0.470. The van der Waals surface area contributed by atoms with Crippen molar-refractivity contribution >= 4 is 39.9 Å². The van der Waals surface area contributed by atoms with Crippen LogP contribution in [0, 0.1) is 0 Å². The van der Waals surface area contributed by atoms with E-state index in [1.807, 2.05) is 43.3 Å². The van der Waals surface area contributed by atoms with Crippen molar-refractivity contribution in [1.82, 2.24) is 5.32 Å². The summed E-state index contributed by atoms with van der Waals surface area (Å²) >= 11 is 11.9. The summed E-state index contributed by atoms with van der Waals surface area (Å²) < 4.78 is 0. The molecule has 2 aromatic carbocycles. The second kappa shape index (κ2) is 7.15. The van der Waals surface area contributed by atoms with Crippen LogP contribution < -0.4 is 5.32 Å². The summed E-state index contributed by atoms with van der Waals surface area (Å²) in [7, 11) is 0. The largest absolute Gasteiger partial charge is 0.348 e. The Balaban J connectivity index is 2.10.